The summed E-state index contributed by atoms with van der Waals surface area (Å²) >= 11 is 3.59. The van der Waals surface area contributed by atoms with Crippen LogP contribution in [-0.2, 0) is 11.8 Å². The van der Waals surface area contributed by atoms with E-state index in [1.807, 2.05) is 0 Å². The molecule has 1 atom stereocenters. The van der Waals surface area contributed by atoms with Gasteiger partial charge in [0.1, 0.15) is 0 Å². The van der Waals surface area contributed by atoms with Crippen LogP contribution in [0.25, 0.3) is 0 Å². The number of benzene rings is 1. The van der Waals surface area contributed by atoms with Crippen molar-refractivity contribution in [2.24, 2.45) is 5.73 Å². The van der Waals surface area contributed by atoms with Crippen molar-refractivity contribution in [3.63, 3.8) is 0 Å². The Balaban J connectivity index is 2.55. The summed E-state index contributed by atoms with van der Waals surface area (Å²) in [4.78, 5) is 0. The monoisotopic (exact) mass is 239 g/mol. The maximum Gasteiger partial charge on any atom is 0.0210 e. The van der Waals surface area contributed by atoms with Gasteiger partial charge in [0.05, 0.1) is 0 Å². The topological polar surface area (TPSA) is 26.0 Å². The van der Waals surface area contributed by atoms with Gasteiger partial charge in [-0.15, -0.1) is 0 Å². The molecule has 1 aromatic carbocycles. The van der Waals surface area contributed by atoms with Crippen LogP contribution >= 0.6 is 15.9 Å². The molecule has 0 amide bonds. The van der Waals surface area contributed by atoms with E-state index < -0.39 is 0 Å². The van der Waals surface area contributed by atoms with Crippen LogP contribution in [-0.4, -0.2) is 6.54 Å². The highest BCUT2D eigenvalue weighted by Gasteiger charge is 2.33. The molecule has 1 aliphatic carbocycles. The fraction of sp³-hybridized carbons (Fsp3) is 0.455. The molecule has 1 aliphatic rings. The largest absolute Gasteiger partial charge is 0.330 e. The van der Waals surface area contributed by atoms with E-state index in [0.717, 1.165) is 13.0 Å². The number of halogens is 1. The maximum atomic E-state index is 5.82. The molecule has 1 aromatic rings. The molecule has 0 saturated heterocycles. The summed E-state index contributed by atoms with van der Waals surface area (Å²) in [6.07, 6.45) is 2.34. The Morgan fingerprint density at radius 2 is 2.31 bits per heavy atom. The molecule has 1 nitrogen and oxygen atoms in total. The zero-order valence-electron chi connectivity index (χ0n) is 7.81. The highest BCUT2D eigenvalue weighted by Crippen LogP contribution is 2.40. The first kappa shape index (κ1) is 9.22. The van der Waals surface area contributed by atoms with E-state index in [1.165, 1.54) is 22.0 Å². The van der Waals surface area contributed by atoms with Crippen molar-refractivity contribution in [2.75, 3.05) is 6.54 Å². The average molecular weight is 240 g/mol. The number of hydrogen-bond acceptors (Lipinski definition) is 1. The molecule has 0 radical (unpaired) electrons. The first-order valence-electron chi connectivity index (χ1n) is 4.65. The van der Waals surface area contributed by atoms with Crippen LogP contribution in [0.1, 0.15) is 24.5 Å². The van der Waals surface area contributed by atoms with E-state index in [1.54, 1.807) is 0 Å². The Morgan fingerprint density at radius 3 is 3.00 bits per heavy atom. The number of fused-ring (bicyclic) bond motifs is 1. The van der Waals surface area contributed by atoms with Crippen molar-refractivity contribution in [3.05, 3.63) is 33.8 Å². The Kier molecular flexibility index (Phi) is 2.20. The Labute approximate surface area is 87.5 Å². The van der Waals surface area contributed by atoms with Crippen LogP contribution in [0.3, 0.4) is 0 Å². The Bertz CT molecular complexity index is 335. The first-order chi connectivity index (χ1) is 6.17. The summed E-state index contributed by atoms with van der Waals surface area (Å²) in [6, 6.07) is 6.42. The van der Waals surface area contributed by atoms with Crippen LogP contribution < -0.4 is 5.73 Å². The third-order valence-corrected chi connectivity index (χ3v) is 3.89. The van der Waals surface area contributed by atoms with Crippen molar-refractivity contribution < 1.29 is 0 Å². The molecule has 0 aromatic heterocycles. The fourth-order valence-corrected chi connectivity index (χ4v) is 2.69. The zero-order valence-corrected chi connectivity index (χ0v) is 9.39. The summed E-state index contributed by atoms with van der Waals surface area (Å²) < 4.78 is 1.24. The SMILES string of the molecule is CC1(CN)CCc2c(Br)cccc21. The smallest absolute Gasteiger partial charge is 0.0210 e. The second kappa shape index (κ2) is 3.10. The van der Waals surface area contributed by atoms with Gasteiger partial charge in [-0.1, -0.05) is 35.0 Å². The molecule has 0 fully saturated rings. The molecule has 0 saturated carbocycles. The molecule has 13 heavy (non-hydrogen) atoms. The van der Waals surface area contributed by atoms with Gasteiger partial charge in [-0.25, -0.2) is 0 Å². The van der Waals surface area contributed by atoms with Gasteiger partial charge in [-0.05, 0) is 30.0 Å². The summed E-state index contributed by atoms with van der Waals surface area (Å²) in [6.45, 7) is 3.00. The van der Waals surface area contributed by atoms with E-state index in [2.05, 4.69) is 41.1 Å². The lowest BCUT2D eigenvalue weighted by atomic mass is 9.84. The van der Waals surface area contributed by atoms with Crippen molar-refractivity contribution in [3.8, 4) is 0 Å². The summed E-state index contributed by atoms with van der Waals surface area (Å²) in [5.41, 5.74) is 8.91. The van der Waals surface area contributed by atoms with Crippen LogP contribution in [0.2, 0.25) is 0 Å². The lowest BCUT2D eigenvalue weighted by molar-refractivity contribution is 0.482. The minimum Gasteiger partial charge on any atom is -0.330 e. The van der Waals surface area contributed by atoms with E-state index in [9.17, 15) is 0 Å². The van der Waals surface area contributed by atoms with Crippen molar-refractivity contribution in [1.82, 2.24) is 0 Å². The van der Waals surface area contributed by atoms with Gasteiger partial charge in [-0.2, -0.15) is 0 Å². The lowest BCUT2D eigenvalue weighted by Crippen LogP contribution is -2.28. The Hall–Kier alpha value is -0.340. The highest BCUT2D eigenvalue weighted by atomic mass is 79.9. The third kappa shape index (κ3) is 1.32. The molecule has 0 heterocycles. The number of rotatable bonds is 1. The van der Waals surface area contributed by atoms with Crippen molar-refractivity contribution in [2.45, 2.75) is 25.2 Å². The molecule has 2 rings (SSSR count). The minimum atomic E-state index is 0.207. The fourth-order valence-electron chi connectivity index (χ4n) is 2.13. The number of nitrogens with two attached hydrogens (primary N) is 1. The molecule has 70 valence electrons. The minimum absolute atomic E-state index is 0.207. The molecule has 2 N–H and O–H groups in total. The average Bonchev–Trinajstić information content (AvgIpc) is 2.47. The molecular weight excluding hydrogens is 226 g/mol. The van der Waals surface area contributed by atoms with Crippen LogP contribution in [0.5, 0.6) is 0 Å². The molecule has 0 aliphatic heterocycles. The molecule has 2 heteroatoms. The second-order valence-corrected chi connectivity index (χ2v) is 4.89. The highest BCUT2D eigenvalue weighted by molar-refractivity contribution is 9.10. The normalized spacial score (nSPS) is 26.1. The predicted molar refractivity (Wildman–Crippen MR) is 58.9 cm³/mol. The van der Waals surface area contributed by atoms with Crippen LogP contribution in [0.15, 0.2) is 22.7 Å². The van der Waals surface area contributed by atoms with E-state index >= 15 is 0 Å². The van der Waals surface area contributed by atoms with Crippen molar-refractivity contribution >= 4 is 15.9 Å². The Morgan fingerprint density at radius 1 is 1.54 bits per heavy atom. The van der Waals surface area contributed by atoms with E-state index in [0.29, 0.717) is 0 Å². The van der Waals surface area contributed by atoms with Gasteiger partial charge in [-0.3, -0.25) is 0 Å². The zero-order chi connectivity index (χ0) is 9.47. The van der Waals surface area contributed by atoms with Crippen LogP contribution in [0, 0.1) is 0 Å². The lowest BCUT2D eigenvalue weighted by Gasteiger charge is -2.22. The van der Waals surface area contributed by atoms with Gasteiger partial charge in [0.15, 0.2) is 0 Å². The van der Waals surface area contributed by atoms with Gasteiger partial charge >= 0.3 is 0 Å². The maximum absolute atomic E-state index is 5.82. The first-order valence-corrected chi connectivity index (χ1v) is 5.44. The van der Waals surface area contributed by atoms with Gasteiger partial charge in [0.25, 0.3) is 0 Å². The van der Waals surface area contributed by atoms with Gasteiger partial charge in [0, 0.05) is 16.4 Å². The van der Waals surface area contributed by atoms with Crippen molar-refractivity contribution in [1.29, 1.82) is 0 Å². The van der Waals surface area contributed by atoms with Gasteiger partial charge < -0.3 is 5.73 Å². The molecular formula is C11H14BrN. The van der Waals surface area contributed by atoms with Gasteiger partial charge in [0.2, 0.25) is 0 Å². The number of hydrogen-bond donors (Lipinski definition) is 1. The summed E-state index contributed by atoms with van der Waals surface area (Å²) in [5.74, 6) is 0. The third-order valence-electron chi connectivity index (χ3n) is 3.15. The molecule has 1 unspecified atom stereocenters. The quantitative estimate of drug-likeness (QED) is 0.802. The summed E-state index contributed by atoms with van der Waals surface area (Å²) in [7, 11) is 0. The standard InChI is InChI=1S/C11H14BrN/c1-11(7-13)6-5-8-9(11)3-2-4-10(8)12/h2-4H,5-7,13H2,1H3. The summed E-state index contributed by atoms with van der Waals surface area (Å²) in [5, 5.41) is 0. The van der Waals surface area contributed by atoms with E-state index in [-0.39, 0.29) is 5.41 Å². The molecule has 0 spiro atoms. The molecule has 0 bridgehead atoms. The second-order valence-electron chi connectivity index (χ2n) is 4.03. The van der Waals surface area contributed by atoms with Crippen LogP contribution in [0.4, 0.5) is 0 Å². The predicted octanol–water partition coefficient (Wildman–Crippen LogP) is 2.61. The van der Waals surface area contributed by atoms with E-state index in [4.69, 9.17) is 5.73 Å².